The molecule has 28 heteroatoms. The van der Waals surface area contributed by atoms with Gasteiger partial charge in [-0.05, 0) is 104 Å². The molecule has 28 nitrogen and oxygen atoms in total. The van der Waals surface area contributed by atoms with Crippen LogP contribution in [-0.2, 0) is 56.8 Å². The molecular formula is C57H96O28. The lowest BCUT2D eigenvalue weighted by atomic mass is 9.44. The van der Waals surface area contributed by atoms with Gasteiger partial charge in [0, 0.05) is 19.4 Å². The average molecular weight is 1230 g/mol. The summed E-state index contributed by atoms with van der Waals surface area (Å²) in [6.45, 7) is 5.72. The lowest BCUT2D eigenvalue weighted by molar-refractivity contribution is -0.404. The second-order valence-electron chi connectivity index (χ2n) is 26.8. The summed E-state index contributed by atoms with van der Waals surface area (Å²) in [5, 5.41) is 170. The van der Waals surface area contributed by atoms with E-state index in [0.717, 1.165) is 38.5 Å². The molecule has 6 saturated heterocycles. The van der Waals surface area contributed by atoms with Crippen molar-refractivity contribution in [2.45, 2.75) is 257 Å². The predicted octanol–water partition coefficient (Wildman–Crippen LogP) is -4.84. The van der Waals surface area contributed by atoms with Crippen molar-refractivity contribution >= 4 is 0 Å². The molecule has 10 fully saturated rings. The normalized spacial score (nSPS) is 54.9. The summed E-state index contributed by atoms with van der Waals surface area (Å²) in [7, 11) is 1.71. The molecule has 0 aromatic carbocycles. The minimum atomic E-state index is -2.02. The third kappa shape index (κ3) is 12.3. The van der Waals surface area contributed by atoms with Crippen molar-refractivity contribution in [2.75, 3.05) is 46.8 Å². The van der Waals surface area contributed by atoms with Crippen LogP contribution in [-0.4, -0.2) is 294 Å². The average Bonchev–Trinajstić information content (AvgIpc) is 1.60. The molecule has 0 spiro atoms. The van der Waals surface area contributed by atoms with Crippen molar-refractivity contribution in [1.29, 1.82) is 0 Å². The first-order chi connectivity index (χ1) is 40.4. The van der Waals surface area contributed by atoms with Gasteiger partial charge in [-0.2, -0.15) is 0 Å². The SMILES string of the molecule is CO[C@]1(CC[C@@H](C)CO[C@@H]2O[C@H](CO)[C@@H](O)[C@H](O)[C@H]2O)O[C@H]2C[C@H]3[C@@H]4CCC5C[C@@H](O[C@@H]6O[C@H](CO)[C@H](O[C@@H]7O[C@H](CO)[C@@H](O)[C@H](O[C@@H]8OC[C@@H](O)[C@H](O)[C@H]8O)[C@H]7O[C@@H]7O[C@H](CO)[C@@H](O)[C@H](O)[C@H]7O)[C@H](O)[C@H]6O)CC[C@]5(C)[C@H]4CC[C@]3(C)[C@H]2[C@@H]1C. The zero-order valence-corrected chi connectivity index (χ0v) is 48.9. The molecule has 0 aromatic rings. The van der Waals surface area contributed by atoms with Crippen LogP contribution in [0.25, 0.3) is 0 Å². The maximum atomic E-state index is 11.9. The number of rotatable bonds is 19. The number of fused-ring (bicyclic) bond motifs is 7. The Hall–Kier alpha value is -1.12. The lowest BCUT2D eigenvalue weighted by Crippen LogP contribution is -2.68. The second kappa shape index (κ2) is 26.8. The van der Waals surface area contributed by atoms with E-state index in [1.54, 1.807) is 7.11 Å². The van der Waals surface area contributed by atoms with E-state index in [1.165, 1.54) is 0 Å². The zero-order valence-electron chi connectivity index (χ0n) is 48.9. The van der Waals surface area contributed by atoms with Crippen molar-refractivity contribution in [1.82, 2.24) is 0 Å². The summed E-state index contributed by atoms with van der Waals surface area (Å²) >= 11 is 0. The molecule has 36 atom stereocenters. The van der Waals surface area contributed by atoms with Crippen LogP contribution in [0.5, 0.6) is 0 Å². The summed E-state index contributed by atoms with van der Waals surface area (Å²) in [6.07, 6.45) is -32.1. The van der Waals surface area contributed by atoms with Gasteiger partial charge in [-0.1, -0.05) is 27.7 Å². The summed E-state index contributed by atoms with van der Waals surface area (Å²) < 4.78 is 72.8. The van der Waals surface area contributed by atoms with Crippen molar-refractivity contribution in [2.24, 2.45) is 52.3 Å². The Morgan fingerprint density at radius 3 is 1.73 bits per heavy atom. The quantitative estimate of drug-likeness (QED) is 0.0540. The highest BCUT2D eigenvalue weighted by atomic mass is 16.8. The molecule has 6 aliphatic heterocycles. The standard InChI is InChI=1S/C57H96O28/c1-22(20-75-50-44(71)40(67)37(64)31(16-58)78-50)8-13-57(74-5)23(2)35-30(85-57)15-28-26-7-6-24-14-25(9-11-55(24,3)27(26)10-12-56(28,35)4)77-52-46(73)42(69)47(34(19-61)81-52)82-54-49(84-53-45(72)41(68)38(65)32(17-59)79-53)48(39(66)33(18-60)80-54)83-51-43(70)36(63)29(62)21-76-51/h22-54,58-73H,6-21H2,1-5H3/t22-,23+,24?,25+,26-,27+,28+,29-,30+,31-,32-,33-,34-,35+,36+,37-,38-,39-,40+,41+,42-,43-,44-,45-,46-,47+,48+,49-,50-,51+,52-,53+,54+,55+,56+,57-/m1/s1. The summed E-state index contributed by atoms with van der Waals surface area (Å²) in [6, 6.07) is 0. The maximum Gasteiger partial charge on any atom is 0.187 e. The Balaban J connectivity index is 0.764. The van der Waals surface area contributed by atoms with Gasteiger partial charge in [0.05, 0.1) is 51.8 Å². The van der Waals surface area contributed by atoms with Crippen LogP contribution < -0.4 is 0 Å². The molecule has 492 valence electrons. The summed E-state index contributed by atoms with van der Waals surface area (Å²) in [5.74, 6) is 1.23. The van der Waals surface area contributed by atoms with E-state index in [9.17, 15) is 81.7 Å². The molecule has 0 radical (unpaired) electrons. The van der Waals surface area contributed by atoms with Crippen molar-refractivity contribution in [3.8, 4) is 0 Å². The fourth-order valence-electron chi connectivity index (χ4n) is 17.2. The van der Waals surface area contributed by atoms with Gasteiger partial charge in [-0.15, -0.1) is 0 Å². The van der Waals surface area contributed by atoms with E-state index in [0.29, 0.717) is 43.4 Å². The Kier molecular flexibility index (Phi) is 21.1. The van der Waals surface area contributed by atoms with Crippen LogP contribution in [0.2, 0.25) is 0 Å². The molecule has 16 N–H and O–H groups in total. The molecule has 1 unspecified atom stereocenters. The monoisotopic (exact) mass is 1230 g/mol. The number of hydrogen-bond donors (Lipinski definition) is 16. The smallest absolute Gasteiger partial charge is 0.187 e. The van der Waals surface area contributed by atoms with Crippen LogP contribution in [0, 0.1) is 52.3 Å². The summed E-state index contributed by atoms with van der Waals surface area (Å²) in [5.41, 5.74) is 0.0173. The molecule has 4 saturated carbocycles. The van der Waals surface area contributed by atoms with E-state index in [4.69, 9.17) is 56.8 Å². The predicted molar refractivity (Wildman–Crippen MR) is 283 cm³/mol. The molecular weight excluding hydrogens is 1130 g/mol. The Bertz CT molecular complexity index is 2150. The van der Waals surface area contributed by atoms with Crippen LogP contribution in [0.1, 0.15) is 91.9 Å². The van der Waals surface area contributed by atoms with Gasteiger partial charge >= 0.3 is 0 Å². The molecule has 6 heterocycles. The first-order valence-corrected chi connectivity index (χ1v) is 30.7. The molecule has 10 rings (SSSR count). The van der Waals surface area contributed by atoms with Gasteiger partial charge in [0.25, 0.3) is 0 Å². The van der Waals surface area contributed by atoms with Crippen molar-refractivity contribution in [3.63, 3.8) is 0 Å². The van der Waals surface area contributed by atoms with Gasteiger partial charge < -0.3 is 139 Å². The lowest BCUT2D eigenvalue weighted by Gasteiger charge is -2.61. The van der Waals surface area contributed by atoms with Crippen molar-refractivity contribution < 1.29 is 139 Å². The highest BCUT2D eigenvalue weighted by Crippen LogP contribution is 2.71. The molecule has 4 aliphatic carbocycles. The van der Waals surface area contributed by atoms with E-state index in [2.05, 4.69) is 20.8 Å². The van der Waals surface area contributed by atoms with E-state index in [-0.39, 0.29) is 47.2 Å². The second-order valence-corrected chi connectivity index (χ2v) is 26.8. The third-order valence-corrected chi connectivity index (χ3v) is 22.1. The van der Waals surface area contributed by atoms with Gasteiger partial charge in [0.1, 0.15) is 116 Å². The minimum Gasteiger partial charge on any atom is -0.394 e. The summed E-state index contributed by atoms with van der Waals surface area (Å²) in [4.78, 5) is 0. The molecule has 10 aliphatic rings. The van der Waals surface area contributed by atoms with Crippen LogP contribution in [0.4, 0.5) is 0 Å². The highest BCUT2D eigenvalue weighted by molar-refractivity contribution is 5.15. The molecule has 0 amide bonds. The van der Waals surface area contributed by atoms with Gasteiger partial charge in [0.15, 0.2) is 37.2 Å². The van der Waals surface area contributed by atoms with E-state index >= 15 is 0 Å². The zero-order chi connectivity index (χ0) is 61.4. The fraction of sp³-hybridized carbons (Fsp3) is 1.00. The Labute approximate surface area is 493 Å². The van der Waals surface area contributed by atoms with Crippen LogP contribution in [0.3, 0.4) is 0 Å². The first-order valence-electron chi connectivity index (χ1n) is 30.7. The maximum absolute atomic E-state index is 11.9. The Morgan fingerprint density at radius 2 is 1.07 bits per heavy atom. The number of aliphatic hydroxyl groups is 16. The van der Waals surface area contributed by atoms with E-state index in [1.807, 2.05) is 6.92 Å². The Morgan fingerprint density at radius 1 is 0.518 bits per heavy atom. The molecule has 0 aromatic heterocycles. The molecule has 0 bridgehead atoms. The largest absolute Gasteiger partial charge is 0.394 e. The number of methoxy groups -OCH3 is 1. The highest BCUT2D eigenvalue weighted by Gasteiger charge is 2.69. The van der Waals surface area contributed by atoms with Gasteiger partial charge in [-0.25, -0.2) is 0 Å². The number of hydrogen-bond acceptors (Lipinski definition) is 28. The third-order valence-electron chi connectivity index (χ3n) is 22.1. The minimum absolute atomic E-state index is 0.00540. The van der Waals surface area contributed by atoms with Gasteiger partial charge in [0.2, 0.25) is 0 Å². The first kappa shape index (κ1) is 66.8. The van der Waals surface area contributed by atoms with E-state index < -0.39 is 192 Å². The van der Waals surface area contributed by atoms with Crippen LogP contribution in [0.15, 0.2) is 0 Å². The topological polar surface area (TPSA) is 434 Å². The molecule has 85 heavy (non-hydrogen) atoms. The number of ether oxygens (including phenoxy) is 12. The van der Waals surface area contributed by atoms with Gasteiger partial charge in [-0.3, -0.25) is 0 Å². The fourth-order valence-corrected chi connectivity index (χ4v) is 17.2. The number of aliphatic hydroxyl groups excluding tert-OH is 16. The van der Waals surface area contributed by atoms with Crippen LogP contribution >= 0.6 is 0 Å². The van der Waals surface area contributed by atoms with Crippen molar-refractivity contribution in [3.05, 3.63) is 0 Å².